The summed E-state index contributed by atoms with van der Waals surface area (Å²) < 4.78 is 37.8. The summed E-state index contributed by atoms with van der Waals surface area (Å²) >= 11 is 6.63. The molecule has 2 aromatic carbocycles. The maximum Gasteiger partial charge on any atom is 0.405 e. The van der Waals surface area contributed by atoms with Gasteiger partial charge in [-0.2, -0.15) is 13.2 Å². The Morgan fingerprint density at radius 3 is 2.37 bits per heavy atom. The zero-order valence-corrected chi connectivity index (χ0v) is 25.2. The van der Waals surface area contributed by atoms with Gasteiger partial charge in [-0.1, -0.05) is 41.9 Å². The van der Waals surface area contributed by atoms with Crippen molar-refractivity contribution in [2.24, 2.45) is 0 Å². The first-order valence-electron chi connectivity index (χ1n) is 14.9. The van der Waals surface area contributed by atoms with E-state index in [0.29, 0.717) is 28.6 Å². The van der Waals surface area contributed by atoms with E-state index in [1.165, 1.54) is 18.2 Å². The van der Waals surface area contributed by atoms with Gasteiger partial charge in [0.2, 0.25) is 0 Å². The van der Waals surface area contributed by atoms with E-state index in [1.807, 2.05) is 5.32 Å². The molecule has 2 N–H and O–H groups in total. The second-order valence-corrected chi connectivity index (χ2v) is 12.1. The molecule has 232 valence electrons. The van der Waals surface area contributed by atoms with E-state index in [1.54, 1.807) is 6.07 Å². The quantitative estimate of drug-likeness (QED) is 0.306. The molecule has 2 aliphatic rings. The monoisotopic (exact) mass is 618 g/mol. The molecule has 0 spiro atoms. The van der Waals surface area contributed by atoms with Crippen molar-refractivity contribution < 1.29 is 13.2 Å². The number of anilines is 4. The Balaban J connectivity index is 1.14. The lowest BCUT2D eigenvalue weighted by Gasteiger charge is -2.49. The van der Waals surface area contributed by atoms with Crippen LogP contribution in [0.3, 0.4) is 0 Å². The number of nitrogens with zero attached hydrogens (tertiary/aromatic N) is 4. The number of piperazine rings is 1. The first-order chi connectivity index (χ1) is 20.5. The number of piperidine rings is 1. The van der Waals surface area contributed by atoms with Gasteiger partial charge >= 0.3 is 6.18 Å². The minimum atomic E-state index is -4.53. The lowest BCUT2D eigenvalue weighted by atomic mass is 9.97. The number of aryl methyl sites for hydroxylation is 1. The Labute approximate surface area is 254 Å². The summed E-state index contributed by atoms with van der Waals surface area (Å²) in [5, 5.41) is 5.06. The second-order valence-electron chi connectivity index (χ2n) is 11.7. The Morgan fingerprint density at radius 1 is 1.00 bits per heavy atom. The fraction of sp³-hybridized carbons (Fsp3) is 0.516. The molecule has 2 atom stereocenters. The standard InChI is InChI=1S/C31H38ClF3N6O2/c1-20-18-41(21(2)17-40(20)24-10-13-39(14-11-24)12-6-9-22-7-4-3-5-8-22)30-25(32)15-23(16-36-30)38-27-26(28(42)29(27)43)37-19-31(33,34)35/h3-5,7-8,15-16,20-21,24,37-38H,6,9-14,17-19H2,1-2H3/t20-,21+/m1/s1. The normalized spacial score (nSPS) is 20.9. The minimum Gasteiger partial charge on any atom is -0.371 e. The SMILES string of the molecule is C[C@@H]1CN(c2ncc(Nc3c(NCC(F)(F)F)c(=O)c3=O)cc2Cl)[C@@H](C)CN1C1CCN(CCCc2ccccc2)CC1. The Morgan fingerprint density at radius 2 is 1.70 bits per heavy atom. The summed E-state index contributed by atoms with van der Waals surface area (Å²) in [5.41, 5.74) is -0.784. The third-order valence-corrected chi connectivity index (χ3v) is 8.86. The summed E-state index contributed by atoms with van der Waals surface area (Å²) in [5.74, 6) is 0.611. The van der Waals surface area contributed by atoms with E-state index >= 15 is 0 Å². The van der Waals surface area contributed by atoms with Crippen LogP contribution in [0, 0.1) is 0 Å². The van der Waals surface area contributed by atoms with Crippen LogP contribution >= 0.6 is 11.6 Å². The van der Waals surface area contributed by atoms with Gasteiger partial charge in [-0.3, -0.25) is 14.5 Å². The molecular formula is C31H38ClF3N6O2. The Bertz CT molecular complexity index is 1450. The Kier molecular flexibility index (Phi) is 9.63. The van der Waals surface area contributed by atoms with Crippen molar-refractivity contribution in [3.63, 3.8) is 0 Å². The molecule has 0 bridgehead atoms. The van der Waals surface area contributed by atoms with Crippen molar-refractivity contribution >= 4 is 34.5 Å². The van der Waals surface area contributed by atoms with Gasteiger partial charge in [0.15, 0.2) is 0 Å². The van der Waals surface area contributed by atoms with Crippen molar-refractivity contribution in [3.8, 4) is 0 Å². The molecule has 0 saturated carbocycles. The maximum atomic E-state index is 12.6. The minimum absolute atomic E-state index is 0.163. The fourth-order valence-electron chi connectivity index (χ4n) is 6.31. The second kappa shape index (κ2) is 13.2. The van der Waals surface area contributed by atoms with Gasteiger partial charge in [-0.25, -0.2) is 4.98 Å². The summed E-state index contributed by atoms with van der Waals surface area (Å²) in [6.45, 7) is 7.96. The van der Waals surface area contributed by atoms with Crippen LogP contribution in [0.2, 0.25) is 5.02 Å². The van der Waals surface area contributed by atoms with E-state index in [4.69, 9.17) is 11.6 Å². The highest BCUT2D eigenvalue weighted by Crippen LogP contribution is 2.33. The van der Waals surface area contributed by atoms with Crippen LogP contribution in [0.25, 0.3) is 0 Å². The maximum absolute atomic E-state index is 12.6. The van der Waals surface area contributed by atoms with Crippen molar-refractivity contribution in [2.75, 3.05) is 54.8 Å². The van der Waals surface area contributed by atoms with E-state index in [2.05, 4.69) is 69.2 Å². The number of nitrogens with one attached hydrogen (secondary N) is 2. The van der Waals surface area contributed by atoms with Crippen LogP contribution in [0.1, 0.15) is 38.7 Å². The third kappa shape index (κ3) is 7.50. The lowest BCUT2D eigenvalue weighted by Crippen LogP contribution is -2.61. The molecule has 1 aromatic heterocycles. The first kappa shape index (κ1) is 31.3. The highest BCUT2D eigenvalue weighted by Gasteiger charge is 2.36. The van der Waals surface area contributed by atoms with E-state index in [0.717, 1.165) is 52.0 Å². The number of pyridine rings is 1. The van der Waals surface area contributed by atoms with E-state index < -0.39 is 23.6 Å². The third-order valence-electron chi connectivity index (χ3n) is 8.58. The largest absolute Gasteiger partial charge is 0.405 e. The molecule has 2 fully saturated rings. The van der Waals surface area contributed by atoms with Crippen LogP contribution in [-0.4, -0.2) is 78.4 Å². The molecule has 3 heterocycles. The van der Waals surface area contributed by atoms with Gasteiger partial charge in [-0.05, 0) is 70.8 Å². The highest BCUT2D eigenvalue weighted by atomic mass is 35.5. The number of rotatable bonds is 10. The first-order valence-corrected chi connectivity index (χ1v) is 15.2. The molecule has 12 heteroatoms. The van der Waals surface area contributed by atoms with Gasteiger partial charge in [0.25, 0.3) is 10.9 Å². The molecule has 3 aromatic rings. The van der Waals surface area contributed by atoms with Crippen molar-refractivity contribution in [1.29, 1.82) is 0 Å². The summed E-state index contributed by atoms with van der Waals surface area (Å²) in [6.07, 6.45) is 1.54. The topological polar surface area (TPSA) is 80.8 Å². The molecule has 43 heavy (non-hydrogen) atoms. The smallest absolute Gasteiger partial charge is 0.371 e. The Hall–Kier alpha value is -3.15. The number of aromatic nitrogens is 1. The van der Waals surface area contributed by atoms with Crippen molar-refractivity contribution in [2.45, 2.75) is 63.8 Å². The molecular weight excluding hydrogens is 581 g/mol. The van der Waals surface area contributed by atoms with Crippen molar-refractivity contribution in [3.05, 3.63) is 73.6 Å². The van der Waals surface area contributed by atoms with Gasteiger partial charge < -0.3 is 20.4 Å². The molecule has 0 aliphatic carbocycles. The molecule has 2 aliphatic heterocycles. The number of benzene rings is 1. The van der Waals surface area contributed by atoms with Crippen molar-refractivity contribution in [1.82, 2.24) is 14.8 Å². The predicted molar refractivity (Wildman–Crippen MR) is 166 cm³/mol. The average Bonchev–Trinajstić information content (AvgIpc) is 2.98. The number of hydrogen-bond donors (Lipinski definition) is 2. The van der Waals surface area contributed by atoms with Gasteiger partial charge in [0, 0.05) is 31.2 Å². The molecule has 2 saturated heterocycles. The molecule has 0 radical (unpaired) electrons. The van der Waals surface area contributed by atoms with Gasteiger partial charge in [0.05, 0.1) is 16.9 Å². The number of likely N-dealkylation sites (tertiary alicyclic amines) is 1. The van der Waals surface area contributed by atoms with Gasteiger partial charge in [-0.15, -0.1) is 0 Å². The number of halogens is 4. The zero-order valence-electron chi connectivity index (χ0n) is 24.5. The average molecular weight is 619 g/mol. The van der Waals surface area contributed by atoms with Crippen LogP contribution in [-0.2, 0) is 6.42 Å². The zero-order chi connectivity index (χ0) is 30.7. The summed E-state index contributed by atoms with van der Waals surface area (Å²) in [4.78, 5) is 35.7. The number of hydrogen-bond acceptors (Lipinski definition) is 8. The molecule has 8 nitrogen and oxygen atoms in total. The summed E-state index contributed by atoms with van der Waals surface area (Å²) in [6, 6.07) is 13.2. The van der Waals surface area contributed by atoms with E-state index in [9.17, 15) is 22.8 Å². The molecule has 5 rings (SSSR count). The van der Waals surface area contributed by atoms with Gasteiger partial charge in [0.1, 0.15) is 23.7 Å². The fourth-order valence-corrected chi connectivity index (χ4v) is 6.58. The van der Waals surface area contributed by atoms with Crippen LogP contribution in [0.15, 0.2) is 52.2 Å². The van der Waals surface area contributed by atoms with E-state index in [-0.39, 0.29) is 17.4 Å². The highest BCUT2D eigenvalue weighted by molar-refractivity contribution is 6.33. The van der Waals surface area contributed by atoms with Crippen LogP contribution in [0.5, 0.6) is 0 Å². The van der Waals surface area contributed by atoms with Crippen LogP contribution in [0.4, 0.5) is 36.1 Å². The van der Waals surface area contributed by atoms with Crippen LogP contribution < -0.4 is 26.4 Å². The summed E-state index contributed by atoms with van der Waals surface area (Å²) in [7, 11) is 0. The predicted octanol–water partition coefficient (Wildman–Crippen LogP) is 5.05. The number of alkyl halides is 3. The lowest BCUT2D eigenvalue weighted by molar-refractivity contribution is -0.115. The molecule has 0 amide bonds. The molecule has 0 unspecified atom stereocenters.